The molecule has 2 atom stereocenters. The number of carboxylic acid groups (broad SMARTS) is 1. The minimum atomic E-state index is -1.12. The summed E-state index contributed by atoms with van der Waals surface area (Å²) in [6.07, 6.45) is -0.0567. The molecule has 0 fully saturated rings. The van der Waals surface area contributed by atoms with E-state index < -0.39 is 24.0 Å². The first-order valence-corrected chi connectivity index (χ1v) is 6.72. The van der Waals surface area contributed by atoms with Crippen molar-refractivity contribution in [1.82, 2.24) is 10.6 Å². The molecule has 0 saturated carbocycles. The Hall–Kier alpha value is -2.08. The number of nitrogens with one attached hydrogen (secondary N) is 2. The Morgan fingerprint density at radius 3 is 2.24 bits per heavy atom. The Kier molecular flexibility index (Phi) is 6.17. The molecule has 114 valence electrons. The van der Waals surface area contributed by atoms with Crippen molar-refractivity contribution < 1.29 is 19.5 Å². The predicted octanol–water partition coefficient (Wildman–Crippen LogP) is 1.50. The van der Waals surface area contributed by atoms with Gasteiger partial charge in [0.1, 0.15) is 6.04 Å². The lowest BCUT2D eigenvalue weighted by Crippen LogP contribution is -2.40. The number of benzene rings is 1. The van der Waals surface area contributed by atoms with Gasteiger partial charge in [-0.05, 0) is 24.6 Å². The van der Waals surface area contributed by atoms with Gasteiger partial charge in [-0.25, -0.2) is 0 Å². The van der Waals surface area contributed by atoms with Crippen LogP contribution in [0.5, 0.6) is 0 Å². The van der Waals surface area contributed by atoms with Gasteiger partial charge in [0.05, 0.1) is 12.5 Å². The van der Waals surface area contributed by atoms with Gasteiger partial charge < -0.3 is 15.7 Å². The van der Waals surface area contributed by atoms with Gasteiger partial charge in [0.2, 0.25) is 11.8 Å². The van der Waals surface area contributed by atoms with Gasteiger partial charge in [-0.1, -0.05) is 23.7 Å². The van der Waals surface area contributed by atoms with Crippen molar-refractivity contribution in [3.8, 4) is 0 Å². The van der Waals surface area contributed by atoms with Crippen LogP contribution in [0.4, 0.5) is 0 Å². The van der Waals surface area contributed by atoms with E-state index in [0.29, 0.717) is 10.6 Å². The van der Waals surface area contributed by atoms with Crippen molar-refractivity contribution in [1.29, 1.82) is 0 Å². The molecule has 2 amide bonds. The quantitative estimate of drug-likeness (QED) is 0.741. The molecule has 21 heavy (non-hydrogen) atoms. The molecule has 0 aromatic heterocycles. The van der Waals surface area contributed by atoms with Crippen LogP contribution in [0.2, 0.25) is 5.02 Å². The molecular weight excluding hydrogens is 296 g/mol. The largest absolute Gasteiger partial charge is 0.480 e. The lowest BCUT2D eigenvalue weighted by atomic mass is 10.0. The Morgan fingerprint density at radius 2 is 1.76 bits per heavy atom. The van der Waals surface area contributed by atoms with E-state index >= 15 is 0 Å². The van der Waals surface area contributed by atoms with Gasteiger partial charge in [0.25, 0.3) is 0 Å². The molecule has 6 nitrogen and oxygen atoms in total. The lowest BCUT2D eigenvalue weighted by Gasteiger charge is -2.19. The number of amides is 2. The number of rotatable bonds is 6. The van der Waals surface area contributed by atoms with E-state index in [1.165, 1.54) is 13.8 Å². The third-order valence-electron chi connectivity index (χ3n) is 2.79. The number of carbonyl (C=O) groups is 3. The molecule has 1 aromatic rings. The summed E-state index contributed by atoms with van der Waals surface area (Å²) in [7, 11) is 0. The van der Waals surface area contributed by atoms with Crippen LogP contribution in [0, 0.1) is 0 Å². The van der Waals surface area contributed by atoms with E-state index in [1.807, 2.05) is 0 Å². The molecule has 0 aliphatic heterocycles. The summed E-state index contributed by atoms with van der Waals surface area (Å²) in [6.45, 7) is 2.72. The normalized spacial score (nSPS) is 13.1. The standard InChI is InChI=1S/C14H17ClN2O4/c1-8(14(20)21)16-13(19)7-12(17-9(2)18)10-3-5-11(15)6-4-10/h3-6,8,12H,7H2,1-2H3,(H,16,19)(H,17,18)(H,20,21)/t8-,12?/m0/s1. The van der Waals surface area contributed by atoms with E-state index in [9.17, 15) is 14.4 Å². The van der Waals surface area contributed by atoms with Gasteiger partial charge in [0.15, 0.2) is 0 Å². The fourth-order valence-electron chi connectivity index (χ4n) is 1.74. The van der Waals surface area contributed by atoms with Crippen LogP contribution in [0.15, 0.2) is 24.3 Å². The lowest BCUT2D eigenvalue weighted by molar-refractivity contribution is -0.141. The average molecular weight is 313 g/mol. The molecule has 0 aliphatic rings. The van der Waals surface area contributed by atoms with Gasteiger partial charge in [-0.3, -0.25) is 14.4 Å². The topological polar surface area (TPSA) is 95.5 Å². The second kappa shape index (κ2) is 7.64. The summed E-state index contributed by atoms with van der Waals surface area (Å²) in [5.41, 5.74) is 0.715. The summed E-state index contributed by atoms with van der Waals surface area (Å²) in [5.74, 6) is -1.86. The van der Waals surface area contributed by atoms with E-state index in [1.54, 1.807) is 24.3 Å². The molecular formula is C14H17ClN2O4. The Morgan fingerprint density at radius 1 is 1.19 bits per heavy atom. The third kappa shape index (κ3) is 5.83. The molecule has 0 saturated heterocycles. The van der Waals surface area contributed by atoms with E-state index in [-0.39, 0.29) is 12.3 Å². The number of carbonyl (C=O) groups excluding carboxylic acids is 2. The molecule has 0 radical (unpaired) electrons. The molecule has 1 rings (SSSR count). The van der Waals surface area contributed by atoms with E-state index in [4.69, 9.17) is 16.7 Å². The fraction of sp³-hybridized carbons (Fsp3) is 0.357. The summed E-state index contributed by atoms with van der Waals surface area (Å²) in [4.78, 5) is 33.8. The SMILES string of the molecule is CC(=O)NC(CC(=O)N[C@@H](C)C(=O)O)c1ccc(Cl)cc1. The molecule has 0 aliphatic carbocycles. The molecule has 0 bridgehead atoms. The first-order chi connectivity index (χ1) is 9.79. The molecule has 3 N–H and O–H groups in total. The highest BCUT2D eigenvalue weighted by Crippen LogP contribution is 2.19. The smallest absolute Gasteiger partial charge is 0.325 e. The fourth-order valence-corrected chi connectivity index (χ4v) is 1.87. The highest BCUT2D eigenvalue weighted by Gasteiger charge is 2.20. The Bertz CT molecular complexity index is 530. The first kappa shape index (κ1) is 17.0. The zero-order valence-corrected chi connectivity index (χ0v) is 12.5. The number of halogens is 1. The van der Waals surface area contributed by atoms with Gasteiger partial charge in [0, 0.05) is 11.9 Å². The molecule has 1 aromatic carbocycles. The van der Waals surface area contributed by atoms with Gasteiger partial charge >= 0.3 is 5.97 Å². The van der Waals surface area contributed by atoms with Crippen LogP contribution in [0.3, 0.4) is 0 Å². The minimum Gasteiger partial charge on any atom is -0.480 e. The van der Waals surface area contributed by atoms with Crippen molar-refractivity contribution in [2.45, 2.75) is 32.4 Å². The zero-order valence-electron chi connectivity index (χ0n) is 11.7. The Balaban J connectivity index is 2.79. The molecule has 1 unspecified atom stereocenters. The second-order valence-electron chi connectivity index (χ2n) is 4.64. The number of hydrogen-bond donors (Lipinski definition) is 3. The van der Waals surface area contributed by atoms with Crippen LogP contribution in [0.1, 0.15) is 31.9 Å². The van der Waals surface area contributed by atoms with Crippen LogP contribution < -0.4 is 10.6 Å². The van der Waals surface area contributed by atoms with Crippen LogP contribution in [-0.2, 0) is 14.4 Å². The van der Waals surface area contributed by atoms with Crippen molar-refractivity contribution in [3.63, 3.8) is 0 Å². The monoisotopic (exact) mass is 312 g/mol. The van der Waals surface area contributed by atoms with Crippen molar-refractivity contribution in [2.24, 2.45) is 0 Å². The maximum atomic E-state index is 11.8. The van der Waals surface area contributed by atoms with E-state index in [2.05, 4.69) is 10.6 Å². The maximum absolute atomic E-state index is 11.8. The number of carboxylic acids is 1. The minimum absolute atomic E-state index is 0.0567. The summed E-state index contributed by atoms with van der Waals surface area (Å²) >= 11 is 5.80. The van der Waals surface area contributed by atoms with Crippen LogP contribution >= 0.6 is 11.6 Å². The van der Waals surface area contributed by atoms with Crippen molar-refractivity contribution in [3.05, 3.63) is 34.9 Å². The third-order valence-corrected chi connectivity index (χ3v) is 3.04. The van der Waals surface area contributed by atoms with Crippen molar-refractivity contribution >= 4 is 29.4 Å². The Labute approximate surface area is 127 Å². The van der Waals surface area contributed by atoms with E-state index in [0.717, 1.165) is 0 Å². The number of hydrogen-bond acceptors (Lipinski definition) is 3. The summed E-state index contributed by atoms with van der Waals surface area (Å²) in [5, 5.41) is 14.3. The highest BCUT2D eigenvalue weighted by molar-refractivity contribution is 6.30. The second-order valence-corrected chi connectivity index (χ2v) is 5.07. The molecule has 0 spiro atoms. The highest BCUT2D eigenvalue weighted by atomic mass is 35.5. The molecule has 7 heteroatoms. The van der Waals surface area contributed by atoms with Gasteiger partial charge in [-0.15, -0.1) is 0 Å². The molecule has 0 heterocycles. The zero-order chi connectivity index (χ0) is 16.0. The maximum Gasteiger partial charge on any atom is 0.325 e. The van der Waals surface area contributed by atoms with Crippen LogP contribution in [-0.4, -0.2) is 28.9 Å². The van der Waals surface area contributed by atoms with Crippen LogP contribution in [0.25, 0.3) is 0 Å². The van der Waals surface area contributed by atoms with Gasteiger partial charge in [-0.2, -0.15) is 0 Å². The predicted molar refractivity (Wildman–Crippen MR) is 77.9 cm³/mol. The summed E-state index contributed by atoms with van der Waals surface area (Å²) in [6, 6.07) is 5.20. The average Bonchev–Trinajstić information content (AvgIpc) is 2.38. The summed E-state index contributed by atoms with van der Waals surface area (Å²) < 4.78 is 0. The number of aliphatic carboxylic acids is 1. The van der Waals surface area contributed by atoms with Crippen molar-refractivity contribution in [2.75, 3.05) is 0 Å². The first-order valence-electron chi connectivity index (χ1n) is 6.34.